The third kappa shape index (κ3) is 1.68. The summed E-state index contributed by atoms with van der Waals surface area (Å²) in [4.78, 5) is 2.60. The number of nitrogens with zero attached hydrogens (tertiary/aromatic N) is 1. The van der Waals surface area contributed by atoms with Crippen molar-refractivity contribution in [1.82, 2.24) is 15.5 Å². The molecule has 4 bridgehead atoms. The minimum Gasteiger partial charge on any atom is -0.350 e. The van der Waals surface area contributed by atoms with Crippen LogP contribution in [-0.2, 0) is 0 Å². The molecule has 94 valence electrons. The van der Waals surface area contributed by atoms with Gasteiger partial charge in [-0.1, -0.05) is 0 Å². The summed E-state index contributed by atoms with van der Waals surface area (Å²) in [5.74, 6) is 4.09. The zero-order valence-corrected chi connectivity index (χ0v) is 11.0. The highest BCUT2D eigenvalue weighted by Crippen LogP contribution is 2.55. The molecule has 4 saturated carbocycles. The van der Waals surface area contributed by atoms with E-state index < -0.39 is 0 Å². The van der Waals surface area contributed by atoms with Crippen molar-refractivity contribution in [2.75, 3.05) is 13.3 Å². The zero-order chi connectivity index (χ0) is 11.4. The van der Waals surface area contributed by atoms with Crippen LogP contribution in [0.15, 0.2) is 0 Å². The Kier molecular flexibility index (Phi) is 2.37. The van der Waals surface area contributed by atoms with Crippen molar-refractivity contribution in [1.29, 1.82) is 0 Å². The molecule has 0 aromatic heterocycles. The van der Waals surface area contributed by atoms with Crippen molar-refractivity contribution in [3.05, 3.63) is 0 Å². The van der Waals surface area contributed by atoms with E-state index in [-0.39, 0.29) is 0 Å². The second-order valence-corrected chi connectivity index (χ2v) is 6.92. The maximum absolute atomic E-state index is 5.14. The Hall–Kier alpha value is -0.350. The van der Waals surface area contributed by atoms with Crippen LogP contribution in [0, 0.1) is 23.7 Å². The molecule has 0 aromatic rings. The average Bonchev–Trinajstić information content (AvgIpc) is 2.30. The molecule has 4 heteroatoms. The maximum Gasteiger partial charge on any atom is 0.168 e. The molecule has 17 heavy (non-hydrogen) atoms. The summed E-state index contributed by atoms with van der Waals surface area (Å²) in [7, 11) is 0. The number of rotatable bonds is 1. The molecule has 4 aliphatic carbocycles. The van der Waals surface area contributed by atoms with Crippen LogP contribution in [0.3, 0.4) is 0 Å². The molecule has 1 saturated heterocycles. The van der Waals surface area contributed by atoms with Gasteiger partial charge in [0, 0.05) is 6.04 Å². The summed E-state index contributed by atoms with van der Waals surface area (Å²) >= 11 is 5.14. The normalized spacial score (nSPS) is 48.9. The topological polar surface area (TPSA) is 27.3 Å². The first-order chi connectivity index (χ1) is 8.29. The van der Waals surface area contributed by atoms with Crippen molar-refractivity contribution in [2.45, 2.75) is 38.1 Å². The molecule has 0 atom stereocenters. The lowest BCUT2D eigenvalue weighted by molar-refractivity contribution is -0.0692. The summed E-state index contributed by atoms with van der Waals surface area (Å²) < 4.78 is 0. The average molecular weight is 251 g/mol. The van der Waals surface area contributed by atoms with Crippen LogP contribution in [-0.4, -0.2) is 29.4 Å². The second-order valence-electron chi connectivity index (χ2n) is 6.51. The van der Waals surface area contributed by atoms with Gasteiger partial charge in [-0.05, 0) is 68.0 Å². The lowest BCUT2D eigenvalue weighted by Gasteiger charge is -2.57. The van der Waals surface area contributed by atoms with Gasteiger partial charge in [0.1, 0.15) is 0 Å². The van der Waals surface area contributed by atoms with Gasteiger partial charge in [0.25, 0.3) is 0 Å². The molecule has 0 radical (unpaired) electrons. The van der Waals surface area contributed by atoms with E-state index in [1.54, 1.807) is 6.42 Å². The van der Waals surface area contributed by atoms with E-state index in [1.165, 1.54) is 25.7 Å². The molecule has 5 fully saturated rings. The SMILES string of the molecule is S=C1NCN(C2C3CC4CC(C3)CC2C4)CN1. The Morgan fingerprint density at radius 1 is 0.882 bits per heavy atom. The molecular weight excluding hydrogens is 230 g/mol. The van der Waals surface area contributed by atoms with Crippen LogP contribution in [0.5, 0.6) is 0 Å². The van der Waals surface area contributed by atoms with Gasteiger partial charge in [0.2, 0.25) is 0 Å². The summed E-state index contributed by atoms with van der Waals surface area (Å²) in [5, 5.41) is 7.40. The maximum atomic E-state index is 5.14. The summed E-state index contributed by atoms with van der Waals surface area (Å²) in [6.07, 6.45) is 7.54. The van der Waals surface area contributed by atoms with Gasteiger partial charge in [0.15, 0.2) is 5.11 Å². The van der Waals surface area contributed by atoms with Gasteiger partial charge in [0.05, 0.1) is 13.3 Å². The molecule has 5 rings (SSSR count). The highest BCUT2D eigenvalue weighted by atomic mass is 32.1. The quantitative estimate of drug-likeness (QED) is 0.691. The number of hydrogen-bond acceptors (Lipinski definition) is 2. The van der Waals surface area contributed by atoms with E-state index in [4.69, 9.17) is 12.2 Å². The van der Waals surface area contributed by atoms with E-state index in [9.17, 15) is 0 Å². The molecule has 5 aliphatic rings. The first kappa shape index (κ1) is 10.6. The van der Waals surface area contributed by atoms with Gasteiger partial charge < -0.3 is 10.6 Å². The molecule has 1 aliphatic heterocycles. The molecule has 0 aromatic carbocycles. The van der Waals surface area contributed by atoms with E-state index in [0.717, 1.165) is 48.2 Å². The minimum atomic E-state index is 0.824. The van der Waals surface area contributed by atoms with E-state index in [2.05, 4.69) is 15.5 Å². The molecule has 0 spiro atoms. The monoisotopic (exact) mass is 251 g/mol. The van der Waals surface area contributed by atoms with Crippen LogP contribution in [0.25, 0.3) is 0 Å². The summed E-state index contributed by atoms with van der Waals surface area (Å²) in [6, 6.07) is 0.825. The predicted octanol–water partition coefficient (Wildman–Crippen LogP) is 1.51. The zero-order valence-electron chi connectivity index (χ0n) is 10.2. The van der Waals surface area contributed by atoms with Crippen molar-refractivity contribution < 1.29 is 0 Å². The lowest BCUT2D eigenvalue weighted by atomic mass is 9.54. The molecule has 3 nitrogen and oxygen atoms in total. The van der Waals surface area contributed by atoms with Crippen molar-refractivity contribution in [3.63, 3.8) is 0 Å². The third-order valence-electron chi connectivity index (χ3n) is 5.48. The van der Waals surface area contributed by atoms with Gasteiger partial charge in [-0.3, -0.25) is 4.90 Å². The Balaban J connectivity index is 1.52. The Morgan fingerprint density at radius 2 is 1.41 bits per heavy atom. The largest absolute Gasteiger partial charge is 0.350 e. The van der Waals surface area contributed by atoms with E-state index in [0.29, 0.717) is 0 Å². The Labute approximate surface area is 108 Å². The van der Waals surface area contributed by atoms with Crippen LogP contribution < -0.4 is 10.6 Å². The summed E-state index contributed by atoms with van der Waals surface area (Å²) in [6.45, 7) is 1.91. The fraction of sp³-hybridized carbons (Fsp3) is 0.923. The molecule has 1 heterocycles. The van der Waals surface area contributed by atoms with Crippen LogP contribution in [0.2, 0.25) is 0 Å². The smallest absolute Gasteiger partial charge is 0.168 e. The third-order valence-corrected chi connectivity index (χ3v) is 5.77. The van der Waals surface area contributed by atoms with Gasteiger partial charge in [-0.25, -0.2) is 0 Å². The van der Waals surface area contributed by atoms with Crippen molar-refractivity contribution >= 4 is 17.3 Å². The first-order valence-electron chi connectivity index (χ1n) is 7.05. The minimum absolute atomic E-state index is 0.824. The highest BCUT2D eigenvalue weighted by Gasteiger charge is 2.50. The number of thiocarbonyl (C=S) groups is 1. The van der Waals surface area contributed by atoms with Gasteiger partial charge >= 0.3 is 0 Å². The standard InChI is InChI=1S/C13H21N3S/c17-13-14-6-16(7-15-13)12-10-2-8-1-9(4-10)5-11(12)3-8/h8-12H,1-7H2,(H2,14,15,17). The van der Waals surface area contributed by atoms with Gasteiger partial charge in [-0.2, -0.15) is 0 Å². The van der Waals surface area contributed by atoms with Crippen molar-refractivity contribution in [2.24, 2.45) is 23.7 Å². The summed E-state index contributed by atoms with van der Waals surface area (Å²) in [5.41, 5.74) is 0. The van der Waals surface area contributed by atoms with Crippen LogP contribution in [0.4, 0.5) is 0 Å². The molecule has 2 N–H and O–H groups in total. The van der Waals surface area contributed by atoms with E-state index >= 15 is 0 Å². The Bertz CT molecular complexity index is 306. The molecule has 0 unspecified atom stereocenters. The molecule has 0 amide bonds. The van der Waals surface area contributed by atoms with Crippen molar-refractivity contribution in [3.8, 4) is 0 Å². The fourth-order valence-electron chi connectivity index (χ4n) is 5.17. The number of nitrogens with one attached hydrogen (secondary N) is 2. The Morgan fingerprint density at radius 3 is 1.94 bits per heavy atom. The van der Waals surface area contributed by atoms with Crippen LogP contribution >= 0.6 is 12.2 Å². The molecular formula is C13H21N3S. The first-order valence-corrected chi connectivity index (χ1v) is 7.46. The van der Waals surface area contributed by atoms with E-state index in [1.807, 2.05) is 0 Å². The number of hydrogen-bond donors (Lipinski definition) is 2. The highest BCUT2D eigenvalue weighted by molar-refractivity contribution is 7.80. The lowest BCUT2D eigenvalue weighted by Crippen LogP contribution is -2.63. The fourth-order valence-corrected chi connectivity index (χ4v) is 5.30. The van der Waals surface area contributed by atoms with Gasteiger partial charge in [-0.15, -0.1) is 0 Å². The predicted molar refractivity (Wildman–Crippen MR) is 71.3 cm³/mol. The second kappa shape index (κ2) is 3.82. The van der Waals surface area contributed by atoms with Crippen LogP contribution in [0.1, 0.15) is 32.1 Å².